The topological polar surface area (TPSA) is 97.2 Å². The van der Waals surface area contributed by atoms with Crippen molar-refractivity contribution < 1.29 is 9.53 Å². The number of hydrogen-bond donors (Lipinski definition) is 2. The summed E-state index contributed by atoms with van der Waals surface area (Å²) >= 11 is 0. The Balaban J connectivity index is 1.63. The van der Waals surface area contributed by atoms with Crippen molar-refractivity contribution in [1.82, 2.24) is 30.4 Å². The fraction of sp³-hybridized carbons (Fsp3) is 0.300. The fourth-order valence-corrected chi connectivity index (χ4v) is 2.97. The van der Waals surface area contributed by atoms with Crippen LogP contribution in [-0.2, 0) is 0 Å². The number of nitrogens with one attached hydrogen (secondary N) is 2. The number of hydrogen-bond acceptors (Lipinski definition) is 6. The Morgan fingerprint density at radius 2 is 1.97 bits per heavy atom. The minimum Gasteiger partial charge on any atom is -0.497 e. The van der Waals surface area contributed by atoms with E-state index in [9.17, 15) is 4.79 Å². The maximum absolute atomic E-state index is 12.4. The van der Waals surface area contributed by atoms with E-state index in [4.69, 9.17) is 4.74 Å². The molecule has 1 heterocycles. The summed E-state index contributed by atoms with van der Waals surface area (Å²) in [5, 5.41) is 17.3. The van der Waals surface area contributed by atoms with Crippen LogP contribution in [0.4, 0.5) is 10.5 Å². The molecule has 0 aliphatic carbocycles. The lowest BCUT2D eigenvalue weighted by atomic mass is 10.1. The highest BCUT2D eigenvalue weighted by Crippen LogP contribution is 2.21. The van der Waals surface area contributed by atoms with E-state index in [2.05, 4.69) is 31.1 Å². The molecule has 2 N–H and O–H groups in total. The van der Waals surface area contributed by atoms with Gasteiger partial charge in [0.05, 0.1) is 18.8 Å². The molecule has 1 atom stereocenters. The van der Waals surface area contributed by atoms with Crippen LogP contribution in [-0.4, -0.2) is 58.9 Å². The first-order chi connectivity index (χ1) is 14.0. The standard InChI is InChI=1S/C20H25N7O2/c1-14-23-24-25-27(14)17-7-5-6-16(12-17)22-20(28)21-13-19(26(2)3)15-8-10-18(29-4)11-9-15/h5-12,19H,13H2,1-4H3,(H2,21,22,28)/t19-/m1/s1. The Labute approximate surface area is 169 Å². The second-order valence-electron chi connectivity index (χ2n) is 6.78. The van der Waals surface area contributed by atoms with Gasteiger partial charge in [0.15, 0.2) is 5.82 Å². The molecule has 9 heteroatoms. The van der Waals surface area contributed by atoms with Crippen molar-refractivity contribution in [3.05, 3.63) is 59.9 Å². The van der Waals surface area contributed by atoms with Crippen LogP contribution in [0.15, 0.2) is 48.5 Å². The summed E-state index contributed by atoms with van der Waals surface area (Å²) in [5.41, 5.74) is 2.52. The molecule has 0 bridgehead atoms. The number of aromatic nitrogens is 4. The molecular formula is C20H25N7O2. The van der Waals surface area contributed by atoms with E-state index in [-0.39, 0.29) is 12.1 Å². The molecule has 0 saturated heterocycles. The normalized spacial score (nSPS) is 11.9. The number of tetrazole rings is 1. The van der Waals surface area contributed by atoms with Gasteiger partial charge in [-0.2, -0.15) is 4.68 Å². The van der Waals surface area contributed by atoms with Crippen molar-refractivity contribution in [2.75, 3.05) is 33.1 Å². The second-order valence-corrected chi connectivity index (χ2v) is 6.78. The van der Waals surface area contributed by atoms with Crippen molar-refractivity contribution in [3.63, 3.8) is 0 Å². The van der Waals surface area contributed by atoms with Crippen LogP contribution in [0, 0.1) is 6.92 Å². The predicted molar refractivity (Wildman–Crippen MR) is 110 cm³/mol. The summed E-state index contributed by atoms with van der Waals surface area (Å²) in [6.45, 7) is 2.27. The zero-order chi connectivity index (χ0) is 20.8. The van der Waals surface area contributed by atoms with E-state index >= 15 is 0 Å². The van der Waals surface area contributed by atoms with Crippen LogP contribution in [0.5, 0.6) is 5.75 Å². The number of rotatable bonds is 7. The Kier molecular flexibility index (Phi) is 6.40. The second kappa shape index (κ2) is 9.16. The first kappa shape index (κ1) is 20.3. The van der Waals surface area contributed by atoms with Gasteiger partial charge >= 0.3 is 6.03 Å². The quantitative estimate of drug-likeness (QED) is 0.638. The molecule has 0 aliphatic rings. The third-order valence-electron chi connectivity index (χ3n) is 4.55. The molecule has 0 aliphatic heterocycles. The molecule has 0 saturated carbocycles. The highest BCUT2D eigenvalue weighted by atomic mass is 16.5. The summed E-state index contributed by atoms with van der Waals surface area (Å²) in [5.74, 6) is 1.47. The summed E-state index contributed by atoms with van der Waals surface area (Å²) in [6, 6.07) is 14.9. The molecular weight excluding hydrogens is 370 g/mol. The highest BCUT2D eigenvalue weighted by Gasteiger charge is 2.15. The molecule has 3 rings (SSSR count). The molecule has 3 aromatic rings. The molecule has 0 fully saturated rings. The number of carbonyl (C=O) groups excluding carboxylic acids is 1. The minimum atomic E-state index is -0.282. The largest absolute Gasteiger partial charge is 0.497 e. The maximum atomic E-state index is 12.4. The van der Waals surface area contributed by atoms with Crippen molar-refractivity contribution in [2.24, 2.45) is 0 Å². The van der Waals surface area contributed by atoms with Crippen molar-refractivity contribution >= 4 is 11.7 Å². The third-order valence-corrected chi connectivity index (χ3v) is 4.55. The average molecular weight is 395 g/mol. The van der Waals surface area contributed by atoms with Crippen LogP contribution >= 0.6 is 0 Å². The number of aryl methyl sites for hydroxylation is 1. The van der Waals surface area contributed by atoms with Gasteiger partial charge in [-0.3, -0.25) is 0 Å². The Morgan fingerprint density at radius 1 is 1.21 bits per heavy atom. The van der Waals surface area contributed by atoms with Gasteiger partial charge in [0.2, 0.25) is 0 Å². The molecule has 152 valence electrons. The first-order valence-corrected chi connectivity index (χ1v) is 9.18. The van der Waals surface area contributed by atoms with Crippen LogP contribution in [0.1, 0.15) is 17.4 Å². The lowest BCUT2D eigenvalue weighted by Gasteiger charge is -2.25. The molecule has 2 aromatic carbocycles. The van der Waals surface area contributed by atoms with E-state index in [0.29, 0.717) is 18.1 Å². The van der Waals surface area contributed by atoms with Crippen molar-refractivity contribution in [3.8, 4) is 11.4 Å². The Morgan fingerprint density at radius 3 is 2.59 bits per heavy atom. The maximum Gasteiger partial charge on any atom is 0.319 e. The van der Waals surface area contributed by atoms with Crippen molar-refractivity contribution in [1.29, 1.82) is 0 Å². The van der Waals surface area contributed by atoms with Gasteiger partial charge in [-0.25, -0.2) is 4.79 Å². The predicted octanol–water partition coefficient (Wildman–Crippen LogP) is 2.40. The SMILES string of the molecule is COc1ccc([C@@H](CNC(=O)Nc2cccc(-n3nnnc3C)c2)N(C)C)cc1. The van der Waals surface area contributed by atoms with E-state index in [0.717, 1.165) is 17.0 Å². The zero-order valence-electron chi connectivity index (χ0n) is 17.0. The average Bonchev–Trinajstić information content (AvgIpc) is 3.14. The summed E-state index contributed by atoms with van der Waals surface area (Å²) in [7, 11) is 5.60. The number of benzene rings is 2. The first-order valence-electron chi connectivity index (χ1n) is 9.18. The lowest BCUT2D eigenvalue weighted by molar-refractivity contribution is 0.243. The van der Waals surface area contributed by atoms with E-state index in [1.54, 1.807) is 11.8 Å². The highest BCUT2D eigenvalue weighted by molar-refractivity contribution is 5.89. The van der Waals surface area contributed by atoms with Crippen LogP contribution in [0.2, 0.25) is 0 Å². The smallest absolute Gasteiger partial charge is 0.319 e. The van der Waals surface area contributed by atoms with Gasteiger partial charge < -0.3 is 20.3 Å². The van der Waals surface area contributed by atoms with Crippen LogP contribution in [0.25, 0.3) is 5.69 Å². The molecule has 2 amide bonds. The van der Waals surface area contributed by atoms with Crippen molar-refractivity contribution in [2.45, 2.75) is 13.0 Å². The van der Waals surface area contributed by atoms with Gasteiger partial charge in [0.1, 0.15) is 5.75 Å². The van der Waals surface area contributed by atoms with E-state index < -0.39 is 0 Å². The number of ether oxygens (including phenoxy) is 1. The number of carbonyl (C=O) groups is 1. The zero-order valence-corrected chi connectivity index (χ0v) is 17.0. The molecule has 0 spiro atoms. The number of nitrogens with zero attached hydrogens (tertiary/aromatic N) is 5. The number of likely N-dealkylation sites (N-methyl/N-ethyl adjacent to an activating group) is 1. The lowest BCUT2D eigenvalue weighted by Crippen LogP contribution is -2.36. The van der Waals surface area contributed by atoms with Crippen LogP contribution < -0.4 is 15.4 Å². The van der Waals surface area contributed by atoms with E-state index in [1.165, 1.54) is 0 Å². The molecule has 9 nitrogen and oxygen atoms in total. The number of methoxy groups -OCH3 is 1. The van der Waals surface area contributed by atoms with Gasteiger partial charge in [-0.15, -0.1) is 5.10 Å². The Hall–Kier alpha value is -3.46. The molecule has 0 radical (unpaired) electrons. The number of anilines is 1. The monoisotopic (exact) mass is 395 g/mol. The van der Waals surface area contributed by atoms with E-state index in [1.807, 2.05) is 69.6 Å². The van der Waals surface area contributed by atoms with Crippen LogP contribution in [0.3, 0.4) is 0 Å². The summed E-state index contributed by atoms with van der Waals surface area (Å²) < 4.78 is 6.82. The molecule has 1 aromatic heterocycles. The number of urea groups is 1. The molecule has 0 unspecified atom stereocenters. The van der Waals surface area contributed by atoms with Gasteiger partial charge in [0, 0.05) is 12.2 Å². The Bertz CT molecular complexity index is 953. The van der Waals surface area contributed by atoms with Gasteiger partial charge in [-0.1, -0.05) is 18.2 Å². The number of amides is 2. The summed E-state index contributed by atoms with van der Waals surface area (Å²) in [6.07, 6.45) is 0. The van der Waals surface area contributed by atoms with Gasteiger partial charge in [-0.05, 0) is 67.3 Å². The third kappa shape index (κ3) is 5.08. The van der Waals surface area contributed by atoms with Gasteiger partial charge in [0.25, 0.3) is 0 Å². The fourth-order valence-electron chi connectivity index (χ4n) is 2.97. The molecule has 29 heavy (non-hydrogen) atoms. The summed E-state index contributed by atoms with van der Waals surface area (Å²) in [4.78, 5) is 14.5. The minimum absolute atomic E-state index is 0.0295.